The molecule has 3 fully saturated rings. The molecule has 1 aliphatic carbocycles. The largest absolute Gasteiger partial charge is 0.497 e. The molecule has 1 N–H and O–H groups in total. The molecule has 2 amide bonds. The van der Waals surface area contributed by atoms with Crippen LogP contribution in [-0.2, 0) is 16.6 Å². The van der Waals surface area contributed by atoms with Crippen molar-refractivity contribution in [1.82, 2.24) is 28.9 Å². The van der Waals surface area contributed by atoms with Crippen LogP contribution in [0.3, 0.4) is 0 Å². The van der Waals surface area contributed by atoms with Gasteiger partial charge >= 0.3 is 0 Å². The lowest BCUT2D eigenvalue weighted by molar-refractivity contribution is 0.0630. The first-order chi connectivity index (χ1) is 26.4. The SMILES string of the molecule is CCN1CC2C[C@@H]1CN2C(=O)c1cnn(C(C)C)c1C1=Cc2cc(OC)ccc2-c2c(C3CCCCC3)c3ccc(C(=O)NS(=O)(=O)CC(C)C)cc3n2C1. The van der Waals surface area contributed by atoms with Crippen molar-refractivity contribution >= 4 is 44.4 Å². The molecule has 4 aromatic rings. The zero-order chi connectivity index (χ0) is 38.8. The van der Waals surface area contributed by atoms with Crippen molar-refractivity contribution in [3.8, 4) is 17.0 Å². The predicted octanol–water partition coefficient (Wildman–Crippen LogP) is 7.33. The van der Waals surface area contributed by atoms with Crippen LogP contribution in [0, 0.1) is 5.92 Å². The minimum absolute atomic E-state index is 0.0159. The van der Waals surface area contributed by atoms with Crippen molar-refractivity contribution in [2.24, 2.45) is 5.92 Å². The van der Waals surface area contributed by atoms with E-state index in [1.54, 1.807) is 19.4 Å². The summed E-state index contributed by atoms with van der Waals surface area (Å²) in [6.45, 7) is 13.0. The summed E-state index contributed by atoms with van der Waals surface area (Å²) >= 11 is 0. The topological polar surface area (TPSA) is 119 Å². The lowest BCUT2D eigenvalue weighted by atomic mass is 9.81. The molecule has 3 aliphatic heterocycles. The Bertz CT molecular complexity index is 2300. The van der Waals surface area contributed by atoms with Crippen LogP contribution >= 0.6 is 0 Å². The number of methoxy groups -OCH3 is 1. The van der Waals surface area contributed by atoms with Gasteiger partial charge in [0.2, 0.25) is 10.0 Å². The van der Waals surface area contributed by atoms with Gasteiger partial charge < -0.3 is 14.2 Å². The van der Waals surface area contributed by atoms with Crippen LogP contribution < -0.4 is 9.46 Å². The smallest absolute Gasteiger partial charge is 0.264 e. The number of rotatable bonds is 10. The summed E-state index contributed by atoms with van der Waals surface area (Å²) in [5.41, 5.74) is 7.87. The Morgan fingerprint density at radius 3 is 2.44 bits per heavy atom. The number of likely N-dealkylation sites (tertiary alicyclic amines) is 2. The van der Waals surface area contributed by atoms with Gasteiger partial charge in [0, 0.05) is 53.2 Å². The molecule has 5 heterocycles. The van der Waals surface area contributed by atoms with Gasteiger partial charge in [0.15, 0.2) is 0 Å². The lowest BCUT2D eigenvalue weighted by Gasteiger charge is -2.33. The number of allylic oxidation sites excluding steroid dienone is 1. The lowest BCUT2D eigenvalue weighted by Crippen LogP contribution is -2.48. The maximum atomic E-state index is 14.6. The average molecular weight is 767 g/mol. The van der Waals surface area contributed by atoms with Crippen LogP contribution in [-0.4, -0.2) is 89.0 Å². The third-order valence-corrected chi connectivity index (χ3v) is 13.8. The summed E-state index contributed by atoms with van der Waals surface area (Å²) < 4.78 is 38.1. The molecule has 8 rings (SSSR count). The first kappa shape index (κ1) is 37.5. The monoisotopic (exact) mass is 766 g/mol. The fraction of sp³-hybridized carbons (Fsp3) is 0.512. The molecule has 12 heteroatoms. The highest BCUT2D eigenvalue weighted by molar-refractivity contribution is 7.90. The van der Waals surface area contributed by atoms with E-state index in [2.05, 4.69) is 58.1 Å². The molecule has 0 radical (unpaired) electrons. The summed E-state index contributed by atoms with van der Waals surface area (Å²) in [6.07, 6.45) is 10.6. The zero-order valence-electron chi connectivity index (χ0n) is 33.0. The number of nitrogens with one attached hydrogen (secondary N) is 1. The maximum Gasteiger partial charge on any atom is 0.264 e. The fourth-order valence-electron chi connectivity index (χ4n) is 9.78. The van der Waals surface area contributed by atoms with Crippen LogP contribution in [0.5, 0.6) is 5.75 Å². The molecular weight excluding hydrogens is 713 g/mol. The predicted molar refractivity (Wildman–Crippen MR) is 217 cm³/mol. The average Bonchev–Trinajstić information content (AvgIpc) is 3.93. The Balaban J connectivity index is 1.31. The Labute approximate surface area is 324 Å². The van der Waals surface area contributed by atoms with Crippen LogP contribution in [0.2, 0.25) is 0 Å². The number of nitrogens with zero attached hydrogens (tertiary/aromatic N) is 5. The van der Waals surface area contributed by atoms with Crippen molar-refractivity contribution in [3.63, 3.8) is 0 Å². The molecule has 1 unspecified atom stereocenters. The molecule has 2 aromatic heterocycles. The molecule has 55 heavy (non-hydrogen) atoms. The minimum Gasteiger partial charge on any atom is -0.497 e. The molecule has 2 bridgehead atoms. The Morgan fingerprint density at radius 1 is 0.982 bits per heavy atom. The second-order valence-electron chi connectivity index (χ2n) is 16.7. The van der Waals surface area contributed by atoms with E-state index >= 15 is 0 Å². The quantitative estimate of drug-likeness (QED) is 0.180. The van der Waals surface area contributed by atoms with E-state index in [9.17, 15) is 18.0 Å². The maximum absolute atomic E-state index is 14.6. The summed E-state index contributed by atoms with van der Waals surface area (Å²) in [5.74, 6) is 0.173. The van der Waals surface area contributed by atoms with E-state index < -0.39 is 15.9 Å². The third-order valence-electron chi connectivity index (χ3n) is 12.2. The first-order valence-electron chi connectivity index (χ1n) is 20.1. The van der Waals surface area contributed by atoms with Crippen LogP contribution in [0.25, 0.3) is 33.8 Å². The number of fused-ring (bicyclic) bond motifs is 7. The number of aromatic nitrogens is 3. The van der Waals surface area contributed by atoms with Gasteiger partial charge in [-0.3, -0.25) is 19.2 Å². The van der Waals surface area contributed by atoms with Crippen molar-refractivity contribution in [1.29, 1.82) is 0 Å². The summed E-state index contributed by atoms with van der Waals surface area (Å²) in [7, 11) is -2.14. The second-order valence-corrected chi connectivity index (χ2v) is 18.4. The van der Waals surface area contributed by atoms with E-state index in [1.165, 1.54) is 12.0 Å². The Morgan fingerprint density at radius 2 is 1.76 bits per heavy atom. The van der Waals surface area contributed by atoms with Gasteiger partial charge in [-0.05, 0) is 105 Å². The number of carbonyl (C=O) groups is 2. The van der Waals surface area contributed by atoms with Gasteiger partial charge in [-0.15, -0.1) is 0 Å². The second kappa shape index (κ2) is 14.6. The van der Waals surface area contributed by atoms with E-state index in [4.69, 9.17) is 9.84 Å². The molecule has 1 saturated carbocycles. The van der Waals surface area contributed by atoms with Gasteiger partial charge in [-0.1, -0.05) is 46.1 Å². The third kappa shape index (κ3) is 6.79. The Kier molecular flexibility index (Phi) is 9.94. The summed E-state index contributed by atoms with van der Waals surface area (Å²) in [6, 6.07) is 12.4. The molecule has 292 valence electrons. The molecule has 2 saturated heterocycles. The van der Waals surface area contributed by atoms with E-state index in [1.807, 2.05) is 36.7 Å². The standard InChI is InChI=1S/C43H54N6O5S/c1-7-46-23-33-20-32(46)24-47(33)43(51)37-21-44-49(27(4)5)40(37)31-17-30-18-34(54-6)14-16-35(30)41-39(28-11-9-8-10-12-28)36-15-13-29(19-38(36)48(41)22-31)42(50)45-55(52,53)25-26(2)3/h13-19,21,26-28,32-33H,7-12,20,22-25H2,1-6H3,(H,45,50)/t32-,33?/m1/s1. The number of piperazine rings is 1. The fourth-order valence-corrected chi connectivity index (χ4v) is 11.1. The summed E-state index contributed by atoms with van der Waals surface area (Å²) in [4.78, 5) is 32.8. The van der Waals surface area contributed by atoms with Crippen molar-refractivity contribution in [2.75, 3.05) is 32.5 Å². The van der Waals surface area contributed by atoms with Gasteiger partial charge in [0.1, 0.15) is 5.75 Å². The molecule has 11 nitrogen and oxygen atoms in total. The van der Waals surface area contributed by atoms with Crippen LogP contribution in [0.15, 0.2) is 42.6 Å². The minimum atomic E-state index is -3.82. The van der Waals surface area contributed by atoms with Crippen molar-refractivity contribution < 1.29 is 22.7 Å². The first-order valence-corrected chi connectivity index (χ1v) is 21.7. The molecule has 0 spiro atoms. The Hall–Kier alpha value is -4.42. The number of ether oxygens (including phenoxy) is 1. The molecular formula is C43H54N6O5S. The van der Waals surface area contributed by atoms with E-state index in [-0.39, 0.29) is 35.2 Å². The molecule has 4 aliphatic rings. The molecule has 2 atom stereocenters. The van der Waals surface area contributed by atoms with Gasteiger partial charge in [0.05, 0.1) is 42.6 Å². The number of likely N-dealkylation sites (N-methyl/N-ethyl adjacent to an activating group) is 1. The molecule has 2 aromatic carbocycles. The van der Waals surface area contributed by atoms with Gasteiger partial charge in [-0.2, -0.15) is 5.10 Å². The number of benzene rings is 2. The zero-order valence-corrected chi connectivity index (χ0v) is 33.8. The van der Waals surface area contributed by atoms with Crippen molar-refractivity contribution in [2.45, 2.75) is 104 Å². The summed E-state index contributed by atoms with van der Waals surface area (Å²) in [5, 5.41) is 5.92. The number of hydrogen-bond acceptors (Lipinski definition) is 7. The van der Waals surface area contributed by atoms with Gasteiger partial charge in [-0.25, -0.2) is 13.1 Å². The highest BCUT2D eigenvalue weighted by Crippen LogP contribution is 2.48. The van der Waals surface area contributed by atoms with Crippen LogP contribution in [0.1, 0.15) is 123 Å². The number of sulfonamides is 1. The van der Waals surface area contributed by atoms with Crippen molar-refractivity contribution in [3.05, 3.63) is 70.5 Å². The van der Waals surface area contributed by atoms with Gasteiger partial charge in [0.25, 0.3) is 11.8 Å². The number of carbonyl (C=O) groups excluding carboxylic acids is 2. The highest BCUT2D eigenvalue weighted by atomic mass is 32.2. The highest BCUT2D eigenvalue weighted by Gasteiger charge is 2.45. The van der Waals surface area contributed by atoms with Crippen LogP contribution in [0.4, 0.5) is 0 Å². The number of amides is 2. The number of hydrogen-bond donors (Lipinski definition) is 1. The van der Waals surface area contributed by atoms with E-state index in [0.29, 0.717) is 24.1 Å². The normalized spacial score (nSPS) is 20.2. The van der Waals surface area contributed by atoms with E-state index in [0.717, 1.165) is 96.5 Å².